The number of hydrogen-bond donors (Lipinski definition) is 1. The molecule has 1 fully saturated rings. The molecule has 1 aliphatic rings. The minimum atomic E-state index is 0.468. The first-order chi connectivity index (χ1) is 9.10. The largest absolute Gasteiger partial charge is 0.309 e. The first-order valence-corrected chi connectivity index (χ1v) is 7.63. The van der Waals surface area contributed by atoms with Gasteiger partial charge in [0.1, 0.15) is 0 Å². The minimum Gasteiger partial charge on any atom is -0.309 e. The van der Waals surface area contributed by atoms with E-state index in [-0.39, 0.29) is 0 Å². The van der Waals surface area contributed by atoms with Gasteiger partial charge in [-0.15, -0.1) is 0 Å². The highest BCUT2D eigenvalue weighted by molar-refractivity contribution is 5.33. The summed E-state index contributed by atoms with van der Waals surface area (Å²) < 4.78 is 0. The number of aryl methyl sites for hydroxylation is 2. The van der Waals surface area contributed by atoms with E-state index in [0.29, 0.717) is 6.04 Å². The SMILES string of the molecule is CCNC(CN1CCC(C)C1)c1cc(C)ccc1C. The normalized spacial score (nSPS) is 21.8. The lowest BCUT2D eigenvalue weighted by molar-refractivity contribution is 0.286. The third kappa shape index (κ3) is 3.80. The molecule has 0 aromatic heterocycles. The van der Waals surface area contributed by atoms with Gasteiger partial charge in [-0.25, -0.2) is 0 Å². The Kier molecular flexibility index (Phi) is 5.00. The predicted octanol–water partition coefficient (Wildman–Crippen LogP) is 3.30. The van der Waals surface area contributed by atoms with E-state index in [4.69, 9.17) is 0 Å². The summed E-state index contributed by atoms with van der Waals surface area (Å²) >= 11 is 0. The Hall–Kier alpha value is -0.860. The van der Waals surface area contributed by atoms with E-state index in [0.717, 1.165) is 19.0 Å². The van der Waals surface area contributed by atoms with Gasteiger partial charge in [0.15, 0.2) is 0 Å². The van der Waals surface area contributed by atoms with Crippen LogP contribution in [0.15, 0.2) is 18.2 Å². The predicted molar refractivity (Wildman–Crippen MR) is 82.6 cm³/mol. The molecule has 1 aromatic rings. The fourth-order valence-corrected chi connectivity index (χ4v) is 3.10. The van der Waals surface area contributed by atoms with Gasteiger partial charge in [-0.3, -0.25) is 0 Å². The molecule has 0 bridgehead atoms. The summed E-state index contributed by atoms with van der Waals surface area (Å²) in [7, 11) is 0. The second-order valence-electron chi connectivity index (χ2n) is 6.12. The van der Waals surface area contributed by atoms with Crippen LogP contribution >= 0.6 is 0 Å². The lowest BCUT2D eigenvalue weighted by Crippen LogP contribution is -2.34. The van der Waals surface area contributed by atoms with Gasteiger partial charge in [0.25, 0.3) is 0 Å². The van der Waals surface area contributed by atoms with E-state index in [9.17, 15) is 0 Å². The van der Waals surface area contributed by atoms with Gasteiger partial charge in [-0.05, 0) is 50.4 Å². The zero-order valence-electron chi connectivity index (χ0n) is 12.9. The Balaban J connectivity index is 2.12. The van der Waals surface area contributed by atoms with Crippen LogP contribution in [-0.4, -0.2) is 31.1 Å². The summed E-state index contributed by atoms with van der Waals surface area (Å²) in [5, 5.41) is 3.67. The monoisotopic (exact) mass is 260 g/mol. The third-order valence-corrected chi connectivity index (χ3v) is 4.21. The average molecular weight is 260 g/mol. The zero-order chi connectivity index (χ0) is 13.8. The summed E-state index contributed by atoms with van der Waals surface area (Å²) in [6.45, 7) is 13.7. The molecule has 0 spiro atoms. The molecule has 0 aliphatic carbocycles. The fraction of sp³-hybridized carbons (Fsp3) is 0.647. The van der Waals surface area contributed by atoms with Crippen molar-refractivity contribution in [3.8, 4) is 0 Å². The molecule has 0 saturated carbocycles. The Labute approximate surface area is 118 Å². The molecule has 2 nitrogen and oxygen atoms in total. The lowest BCUT2D eigenvalue weighted by atomic mass is 9.98. The van der Waals surface area contributed by atoms with Gasteiger partial charge in [-0.2, -0.15) is 0 Å². The Bertz CT molecular complexity index is 414. The van der Waals surface area contributed by atoms with E-state index >= 15 is 0 Å². The van der Waals surface area contributed by atoms with E-state index < -0.39 is 0 Å². The molecule has 0 radical (unpaired) electrons. The van der Waals surface area contributed by atoms with Gasteiger partial charge >= 0.3 is 0 Å². The molecule has 1 heterocycles. The van der Waals surface area contributed by atoms with E-state index in [1.807, 2.05) is 0 Å². The maximum atomic E-state index is 3.67. The molecular formula is C17H28N2. The maximum Gasteiger partial charge on any atom is 0.0451 e. The van der Waals surface area contributed by atoms with Crippen LogP contribution in [0, 0.1) is 19.8 Å². The fourth-order valence-electron chi connectivity index (χ4n) is 3.10. The van der Waals surface area contributed by atoms with Crippen molar-refractivity contribution in [1.82, 2.24) is 10.2 Å². The van der Waals surface area contributed by atoms with Crippen molar-refractivity contribution in [1.29, 1.82) is 0 Å². The van der Waals surface area contributed by atoms with Crippen LogP contribution in [0.5, 0.6) is 0 Å². The summed E-state index contributed by atoms with van der Waals surface area (Å²) in [4.78, 5) is 2.61. The molecule has 0 amide bonds. The van der Waals surface area contributed by atoms with Gasteiger partial charge in [0, 0.05) is 19.1 Å². The third-order valence-electron chi connectivity index (χ3n) is 4.21. The standard InChI is InChI=1S/C17H28N2/c1-5-18-17(12-19-9-8-14(3)11-19)16-10-13(2)6-7-15(16)4/h6-7,10,14,17-18H,5,8-9,11-12H2,1-4H3. The Morgan fingerprint density at radius 1 is 1.37 bits per heavy atom. The van der Waals surface area contributed by atoms with Crippen LogP contribution in [0.25, 0.3) is 0 Å². The molecule has 2 atom stereocenters. The molecule has 2 rings (SSSR count). The molecule has 1 aliphatic heterocycles. The van der Waals surface area contributed by atoms with Crippen LogP contribution in [0.1, 0.15) is 43.0 Å². The Morgan fingerprint density at radius 3 is 2.79 bits per heavy atom. The number of benzene rings is 1. The number of rotatable bonds is 5. The highest BCUT2D eigenvalue weighted by Crippen LogP contribution is 2.23. The molecular weight excluding hydrogens is 232 g/mol. The first kappa shape index (κ1) is 14.5. The highest BCUT2D eigenvalue weighted by Gasteiger charge is 2.23. The van der Waals surface area contributed by atoms with E-state index in [1.165, 1.54) is 36.2 Å². The number of hydrogen-bond acceptors (Lipinski definition) is 2. The highest BCUT2D eigenvalue weighted by atomic mass is 15.2. The van der Waals surface area contributed by atoms with E-state index in [1.54, 1.807) is 0 Å². The molecule has 106 valence electrons. The second kappa shape index (κ2) is 6.53. The maximum absolute atomic E-state index is 3.67. The molecule has 2 unspecified atom stereocenters. The van der Waals surface area contributed by atoms with Crippen molar-refractivity contribution in [2.24, 2.45) is 5.92 Å². The average Bonchev–Trinajstić information content (AvgIpc) is 2.77. The van der Waals surface area contributed by atoms with Crippen molar-refractivity contribution in [3.05, 3.63) is 34.9 Å². The number of nitrogens with one attached hydrogen (secondary N) is 1. The quantitative estimate of drug-likeness (QED) is 0.874. The van der Waals surface area contributed by atoms with Crippen LogP contribution in [0.4, 0.5) is 0 Å². The molecule has 2 heteroatoms. The molecule has 19 heavy (non-hydrogen) atoms. The van der Waals surface area contributed by atoms with Crippen LogP contribution in [0.2, 0.25) is 0 Å². The van der Waals surface area contributed by atoms with Crippen LogP contribution < -0.4 is 5.32 Å². The number of likely N-dealkylation sites (N-methyl/N-ethyl adjacent to an activating group) is 1. The lowest BCUT2D eigenvalue weighted by Gasteiger charge is -2.26. The Morgan fingerprint density at radius 2 is 2.16 bits per heavy atom. The van der Waals surface area contributed by atoms with E-state index in [2.05, 4.69) is 56.1 Å². The zero-order valence-corrected chi connectivity index (χ0v) is 12.9. The van der Waals surface area contributed by atoms with Crippen LogP contribution in [-0.2, 0) is 0 Å². The summed E-state index contributed by atoms with van der Waals surface area (Å²) in [6.07, 6.45) is 1.35. The first-order valence-electron chi connectivity index (χ1n) is 7.63. The second-order valence-corrected chi connectivity index (χ2v) is 6.12. The summed E-state index contributed by atoms with van der Waals surface area (Å²) in [5.41, 5.74) is 4.24. The van der Waals surface area contributed by atoms with Gasteiger partial charge in [0.2, 0.25) is 0 Å². The molecule has 1 saturated heterocycles. The molecule has 1 N–H and O–H groups in total. The summed E-state index contributed by atoms with van der Waals surface area (Å²) in [5.74, 6) is 0.862. The van der Waals surface area contributed by atoms with Gasteiger partial charge in [-0.1, -0.05) is 37.6 Å². The topological polar surface area (TPSA) is 15.3 Å². The van der Waals surface area contributed by atoms with Crippen molar-refractivity contribution < 1.29 is 0 Å². The number of nitrogens with zero attached hydrogens (tertiary/aromatic N) is 1. The van der Waals surface area contributed by atoms with Crippen molar-refractivity contribution >= 4 is 0 Å². The van der Waals surface area contributed by atoms with Crippen LogP contribution in [0.3, 0.4) is 0 Å². The van der Waals surface area contributed by atoms with Gasteiger partial charge in [0.05, 0.1) is 0 Å². The van der Waals surface area contributed by atoms with Crippen molar-refractivity contribution in [3.63, 3.8) is 0 Å². The van der Waals surface area contributed by atoms with Gasteiger partial charge < -0.3 is 10.2 Å². The molecule has 1 aromatic carbocycles. The summed E-state index contributed by atoms with van der Waals surface area (Å²) in [6, 6.07) is 7.28. The van der Waals surface area contributed by atoms with Crippen molar-refractivity contribution in [2.45, 2.75) is 40.2 Å². The van der Waals surface area contributed by atoms with Crippen molar-refractivity contribution in [2.75, 3.05) is 26.2 Å². The minimum absolute atomic E-state index is 0.468. The number of likely N-dealkylation sites (tertiary alicyclic amines) is 1. The smallest absolute Gasteiger partial charge is 0.0451 e.